The molecule has 0 unspecified atom stereocenters. The second-order valence-corrected chi connectivity index (χ2v) is 6.57. The van der Waals surface area contributed by atoms with Crippen LogP contribution in [-0.4, -0.2) is 23.8 Å². The van der Waals surface area contributed by atoms with Crippen LogP contribution in [0.25, 0.3) is 11.1 Å². The van der Waals surface area contributed by atoms with Gasteiger partial charge in [0.15, 0.2) is 0 Å². The molecule has 0 aliphatic carbocycles. The number of carboxylic acid groups (broad SMARTS) is 1. The lowest BCUT2D eigenvalue weighted by Gasteiger charge is -2.27. The maximum absolute atomic E-state index is 12.6. The predicted molar refractivity (Wildman–Crippen MR) is 95.2 cm³/mol. The summed E-state index contributed by atoms with van der Waals surface area (Å²) in [7, 11) is 0. The third-order valence-electron chi connectivity index (χ3n) is 3.68. The van der Waals surface area contributed by atoms with E-state index in [2.05, 4.69) is 0 Å². The number of esters is 1. The molecule has 0 heterocycles. The summed E-state index contributed by atoms with van der Waals surface area (Å²) in [5.41, 5.74) is 2.17. The normalized spacial score (nSPS) is 11.0. The van der Waals surface area contributed by atoms with Gasteiger partial charge in [0.2, 0.25) is 0 Å². The second kappa shape index (κ2) is 7.38. The van der Waals surface area contributed by atoms with Crippen LogP contribution in [0, 0.1) is 0 Å². The van der Waals surface area contributed by atoms with Crippen molar-refractivity contribution in [3.05, 3.63) is 53.6 Å². The number of benzene rings is 2. The van der Waals surface area contributed by atoms with E-state index in [-0.39, 0.29) is 17.9 Å². The minimum Gasteiger partial charge on any atom is -0.462 e. The molecule has 0 aliphatic heterocycles. The highest BCUT2D eigenvalue weighted by molar-refractivity contribution is 5.98. The first-order valence-electron chi connectivity index (χ1n) is 8.06. The van der Waals surface area contributed by atoms with Crippen molar-refractivity contribution in [2.45, 2.75) is 33.1 Å². The standard InChI is InChI=1S/C20H22O5/c1-5-24-18(21)16-15(25-19(22)23)12-11-14(17(16)20(2,3)4)13-9-7-6-8-10-13/h6-12H,5H2,1-4H3,(H,22,23). The van der Waals surface area contributed by atoms with Crippen molar-refractivity contribution in [1.29, 1.82) is 0 Å². The number of ether oxygens (including phenoxy) is 2. The maximum atomic E-state index is 12.6. The van der Waals surface area contributed by atoms with Crippen LogP contribution in [-0.2, 0) is 10.2 Å². The molecule has 2 aromatic carbocycles. The predicted octanol–water partition coefficient (Wildman–Crippen LogP) is 4.88. The van der Waals surface area contributed by atoms with Gasteiger partial charge in [0.05, 0.1) is 6.61 Å². The highest BCUT2D eigenvalue weighted by Crippen LogP contribution is 2.40. The fourth-order valence-corrected chi connectivity index (χ4v) is 2.81. The number of rotatable bonds is 4. The molecule has 0 saturated heterocycles. The van der Waals surface area contributed by atoms with Gasteiger partial charge in [-0.05, 0) is 35.1 Å². The van der Waals surface area contributed by atoms with Gasteiger partial charge in [-0.1, -0.05) is 57.2 Å². The lowest BCUT2D eigenvalue weighted by Crippen LogP contribution is -2.22. The topological polar surface area (TPSA) is 72.8 Å². The summed E-state index contributed by atoms with van der Waals surface area (Å²) in [5, 5.41) is 9.01. The molecule has 2 aromatic rings. The molecule has 0 bridgehead atoms. The van der Waals surface area contributed by atoms with Crippen LogP contribution in [0.1, 0.15) is 43.6 Å². The molecule has 0 atom stereocenters. The average Bonchev–Trinajstić information content (AvgIpc) is 2.54. The zero-order chi connectivity index (χ0) is 18.6. The van der Waals surface area contributed by atoms with E-state index in [0.29, 0.717) is 5.56 Å². The van der Waals surface area contributed by atoms with Gasteiger partial charge in [-0.25, -0.2) is 9.59 Å². The molecule has 132 valence electrons. The second-order valence-electron chi connectivity index (χ2n) is 6.57. The lowest BCUT2D eigenvalue weighted by molar-refractivity contribution is 0.0519. The molecule has 0 aliphatic rings. The highest BCUT2D eigenvalue weighted by Gasteiger charge is 2.30. The van der Waals surface area contributed by atoms with Crippen LogP contribution in [0.4, 0.5) is 4.79 Å². The van der Waals surface area contributed by atoms with E-state index in [0.717, 1.165) is 11.1 Å². The van der Waals surface area contributed by atoms with E-state index in [9.17, 15) is 9.59 Å². The van der Waals surface area contributed by atoms with Crippen molar-refractivity contribution in [1.82, 2.24) is 0 Å². The van der Waals surface area contributed by atoms with Crippen molar-refractivity contribution < 1.29 is 24.2 Å². The van der Waals surface area contributed by atoms with E-state index in [4.69, 9.17) is 14.6 Å². The van der Waals surface area contributed by atoms with Crippen LogP contribution in [0.3, 0.4) is 0 Å². The largest absolute Gasteiger partial charge is 0.511 e. The number of hydrogen-bond donors (Lipinski definition) is 1. The minimum absolute atomic E-state index is 0.0180. The van der Waals surface area contributed by atoms with Gasteiger partial charge >= 0.3 is 12.1 Å². The molecule has 0 amide bonds. The molecule has 2 rings (SSSR count). The Hall–Kier alpha value is -2.82. The Morgan fingerprint density at radius 3 is 2.20 bits per heavy atom. The van der Waals surface area contributed by atoms with Crippen molar-refractivity contribution in [3.63, 3.8) is 0 Å². The van der Waals surface area contributed by atoms with E-state index in [1.54, 1.807) is 13.0 Å². The summed E-state index contributed by atoms with van der Waals surface area (Å²) in [6.45, 7) is 7.77. The molecule has 1 N–H and O–H groups in total. The summed E-state index contributed by atoms with van der Waals surface area (Å²) in [5.74, 6) is -0.614. The van der Waals surface area contributed by atoms with Crippen LogP contribution < -0.4 is 4.74 Å². The van der Waals surface area contributed by atoms with Crippen LogP contribution in [0.15, 0.2) is 42.5 Å². The molecule has 0 aromatic heterocycles. The Morgan fingerprint density at radius 1 is 1.04 bits per heavy atom. The fourth-order valence-electron chi connectivity index (χ4n) is 2.81. The first kappa shape index (κ1) is 18.5. The quantitative estimate of drug-likeness (QED) is 0.633. The SMILES string of the molecule is CCOC(=O)c1c(OC(=O)O)ccc(-c2ccccc2)c1C(C)(C)C. The summed E-state index contributed by atoms with van der Waals surface area (Å²) in [6, 6.07) is 12.9. The molecule has 0 fully saturated rings. The summed E-state index contributed by atoms with van der Waals surface area (Å²) >= 11 is 0. The fraction of sp³-hybridized carbons (Fsp3) is 0.300. The molecule has 25 heavy (non-hydrogen) atoms. The number of carbonyl (C=O) groups is 2. The smallest absolute Gasteiger partial charge is 0.462 e. The Balaban J connectivity index is 2.81. The van der Waals surface area contributed by atoms with Crippen molar-refractivity contribution in [2.75, 3.05) is 6.61 Å². The van der Waals surface area contributed by atoms with Gasteiger partial charge in [0, 0.05) is 0 Å². The van der Waals surface area contributed by atoms with Crippen LogP contribution in [0.2, 0.25) is 0 Å². The van der Waals surface area contributed by atoms with Crippen molar-refractivity contribution >= 4 is 12.1 Å². The van der Waals surface area contributed by atoms with E-state index < -0.39 is 17.5 Å². The molecule has 0 radical (unpaired) electrons. The zero-order valence-corrected chi connectivity index (χ0v) is 14.8. The molecule has 5 heteroatoms. The first-order chi connectivity index (χ1) is 11.8. The molecule has 0 spiro atoms. The molecule has 5 nitrogen and oxygen atoms in total. The summed E-state index contributed by atoms with van der Waals surface area (Å²) < 4.78 is 10.0. The Kier molecular flexibility index (Phi) is 5.47. The van der Waals surface area contributed by atoms with Gasteiger partial charge in [-0.15, -0.1) is 0 Å². The van der Waals surface area contributed by atoms with Crippen molar-refractivity contribution in [2.24, 2.45) is 0 Å². The van der Waals surface area contributed by atoms with Gasteiger partial charge in [-0.3, -0.25) is 0 Å². The third-order valence-corrected chi connectivity index (χ3v) is 3.68. The van der Waals surface area contributed by atoms with E-state index in [1.807, 2.05) is 51.1 Å². The molecular formula is C20H22O5. The monoisotopic (exact) mass is 342 g/mol. The first-order valence-corrected chi connectivity index (χ1v) is 8.06. The van der Waals surface area contributed by atoms with Crippen LogP contribution in [0.5, 0.6) is 5.75 Å². The zero-order valence-electron chi connectivity index (χ0n) is 14.8. The Labute approximate surface area is 147 Å². The maximum Gasteiger partial charge on any atom is 0.511 e. The van der Waals surface area contributed by atoms with Gasteiger partial charge in [0.25, 0.3) is 0 Å². The highest BCUT2D eigenvalue weighted by atomic mass is 16.7. The van der Waals surface area contributed by atoms with E-state index >= 15 is 0 Å². The average molecular weight is 342 g/mol. The Bertz CT molecular complexity index is 773. The van der Waals surface area contributed by atoms with Gasteiger partial charge in [-0.2, -0.15) is 0 Å². The van der Waals surface area contributed by atoms with Crippen LogP contribution >= 0.6 is 0 Å². The minimum atomic E-state index is -1.47. The Morgan fingerprint density at radius 2 is 1.68 bits per heavy atom. The number of hydrogen-bond acceptors (Lipinski definition) is 4. The number of carbonyl (C=O) groups excluding carboxylic acids is 1. The summed E-state index contributed by atoms with van der Waals surface area (Å²) in [6.07, 6.45) is -1.47. The van der Waals surface area contributed by atoms with E-state index in [1.165, 1.54) is 6.07 Å². The van der Waals surface area contributed by atoms with Crippen molar-refractivity contribution in [3.8, 4) is 16.9 Å². The molecule has 0 saturated carbocycles. The third kappa shape index (κ3) is 4.18. The summed E-state index contributed by atoms with van der Waals surface area (Å²) in [4.78, 5) is 23.6. The van der Waals surface area contributed by atoms with Gasteiger partial charge in [0.1, 0.15) is 11.3 Å². The molecular weight excluding hydrogens is 320 g/mol. The van der Waals surface area contributed by atoms with Gasteiger partial charge < -0.3 is 14.6 Å². The lowest BCUT2D eigenvalue weighted by atomic mass is 9.78.